The van der Waals surface area contributed by atoms with Crippen LogP contribution in [-0.4, -0.2) is 15.0 Å². The van der Waals surface area contributed by atoms with Crippen LogP contribution in [0.5, 0.6) is 0 Å². The van der Waals surface area contributed by atoms with Gasteiger partial charge in [-0.1, -0.05) is 18.2 Å². The van der Waals surface area contributed by atoms with Crippen molar-refractivity contribution in [1.29, 1.82) is 0 Å². The van der Waals surface area contributed by atoms with Gasteiger partial charge in [-0.3, -0.25) is 18.7 Å². The average Bonchev–Trinajstić information content (AvgIpc) is 2.60. The molecule has 0 aliphatic rings. The standard InChI is InChI=1S/C18H16FN3O3/c1-11-7-8-12(9-14(11)19)20-16(23)10-22-15-6-4-3-5-13(15)17(24)21(2)18(22)25/h3-9H,10H2,1-2H3,(H,20,23). The number of fused-ring (bicyclic) bond motifs is 1. The van der Waals surface area contributed by atoms with Gasteiger partial charge in [-0.15, -0.1) is 0 Å². The van der Waals surface area contributed by atoms with E-state index < -0.39 is 23.0 Å². The Morgan fingerprint density at radius 1 is 1.16 bits per heavy atom. The summed E-state index contributed by atoms with van der Waals surface area (Å²) in [5, 5.41) is 2.90. The zero-order valence-electron chi connectivity index (χ0n) is 13.7. The lowest BCUT2D eigenvalue weighted by Gasteiger charge is -2.12. The lowest BCUT2D eigenvalue weighted by molar-refractivity contribution is -0.116. The van der Waals surface area contributed by atoms with E-state index >= 15 is 0 Å². The summed E-state index contributed by atoms with van der Waals surface area (Å²) in [6.07, 6.45) is 0. The molecule has 1 amide bonds. The number of aryl methyl sites for hydroxylation is 1. The molecule has 3 aromatic rings. The molecule has 0 aliphatic carbocycles. The molecule has 1 N–H and O–H groups in total. The molecule has 25 heavy (non-hydrogen) atoms. The molecule has 128 valence electrons. The normalized spacial score (nSPS) is 10.8. The van der Waals surface area contributed by atoms with Crippen molar-refractivity contribution in [3.8, 4) is 0 Å². The Morgan fingerprint density at radius 3 is 2.60 bits per heavy atom. The summed E-state index contributed by atoms with van der Waals surface area (Å²) in [6, 6.07) is 10.9. The molecule has 0 unspecified atom stereocenters. The monoisotopic (exact) mass is 341 g/mol. The van der Waals surface area contributed by atoms with Crippen molar-refractivity contribution in [3.63, 3.8) is 0 Å². The van der Waals surface area contributed by atoms with Crippen molar-refractivity contribution in [2.75, 3.05) is 5.32 Å². The Morgan fingerprint density at radius 2 is 1.88 bits per heavy atom. The van der Waals surface area contributed by atoms with Crippen LogP contribution in [0.25, 0.3) is 10.9 Å². The van der Waals surface area contributed by atoms with Gasteiger partial charge in [-0.2, -0.15) is 0 Å². The van der Waals surface area contributed by atoms with E-state index in [1.165, 1.54) is 17.7 Å². The number of rotatable bonds is 3. The summed E-state index contributed by atoms with van der Waals surface area (Å²) in [6.45, 7) is 1.33. The van der Waals surface area contributed by atoms with Crippen LogP contribution in [0.3, 0.4) is 0 Å². The molecule has 6 nitrogen and oxygen atoms in total. The van der Waals surface area contributed by atoms with Gasteiger partial charge in [0.05, 0.1) is 10.9 Å². The summed E-state index contributed by atoms with van der Waals surface area (Å²) in [5.74, 6) is -0.920. The van der Waals surface area contributed by atoms with Crippen molar-refractivity contribution >= 4 is 22.5 Å². The van der Waals surface area contributed by atoms with Crippen LogP contribution in [0.4, 0.5) is 10.1 Å². The van der Waals surface area contributed by atoms with Crippen LogP contribution in [0, 0.1) is 12.7 Å². The van der Waals surface area contributed by atoms with E-state index in [0.717, 1.165) is 4.57 Å². The molecule has 0 saturated heterocycles. The van der Waals surface area contributed by atoms with Gasteiger partial charge in [0.15, 0.2) is 0 Å². The number of nitrogens with zero attached hydrogens (tertiary/aromatic N) is 2. The molecule has 0 spiro atoms. The largest absolute Gasteiger partial charge is 0.331 e. The van der Waals surface area contributed by atoms with Gasteiger partial charge in [0.1, 0.15) is 12.4 Å². The lowest BCUT2D eigenvalue weighted by atomic mass is 10.2. The fourth-order valence-electron chi connectivity index (χ4n) is 2.61. The second kappa shape index (κ2) is 6.35. The number of halogens is 1. The molecular weight excluding hydrogens is 325 g/mol. The summed E-state index contributed by atoms with van der Waals surface area (Å²) in [4.78, 5) is 36.8. The minimum absolute atomic E-state index is 0.289. The number of hydrogen-bond acceptors (Lipinski definition) is 3. The van der Waals surface area contributed by atoms with Crippen LogP contribution in [0.2, 0.25) is 0 Å². The maximum Gasteiger partial charge on any atom is 0.331 e. The SMILES string of the molecule is Cc1ccc(NC(=O)Cn2c(=O)n(C)c(=O)c3ccccc32)cc1F. The van der Waals surface area contributed by atoms with Crippen molar-refractivity contribution in [3.05, 3.63) is 74.7 Å². The highest BCUT2D eigenvalue weighted by molar-refractivity contribution is 5.91. The van der Waals surface area contributed by atoms with Crippen molar-refractivity contribution in [2.45, 2.75) is 13.5 Å². The van der Waals surface area contributed by atoms with Gasteiger partial charge < -0.3 is 5.32 Å². The van der Waals surface area contributed by atoms with Gasteiger partial charge in [-0.05, 0) is 36.8 Å². The number of amides is 1. The van der Waals surface area contributed by atoms with E-state index in [1.54, 1.807) is 43.3 Å². The second-order valence-corrected chi connectivity index (χ2v) is 5.76. The number of aromatic nitrogens is 2. The van der Waals surface area contributed by atoms with Crippen molar-refractivity contribution in [2.24, 2.45) is 7.05 Å². The summed E-state index contributed by atoms with van der Waals surface area (Å²) >= 11 is 0. The number of carbonyl (C=O) groups is 1. The Balaban J connectivity index is 1.97. The van der Waals surface area contributed by atoms with E-state index in [9.17, 15) is 18.8 Å². The zero-order valence-corrected chi connectivity index (χ0v) is 13.7. The third-order valence-corrected chi connectivity index (χ3v) is 4.01. The van der Waals surface area contributed by atoms with E-state index in [1.807, 2.05) is 0 Å². The molecule has 2 aromatic carbocycles. The van der Waals surface area contributed by atoms with Gasteiger partial charge >= 0.3 is 5.69 Å². The maximum absolute atomic E-state index is 13.6. The Labute approximate surface area is 142 Å². The third kappa shape index (κ3) is 3.08. The molecule has 3 rings (SSSR count). The van der Waals surface area contributed by atoms with E-state index in [2.05, 4.69) is 5.32 Å². The molecule has 1 aromatic heterocycles. The van der Waals surface area contributed by atoms with Crippen LogP contribution in [-0.2, 0) is 18.4 Å². The highest BCUT2D eigenvalue weighted by Crippen LogP contribution is 2.14. The topological polar surface area (TPSA) is 73.1 Å². The van der Waals surface area contributed by atoms with Crippen molar-refractivity contribution in [1.82, 2.24) is 9.13 Å². The predicted octanol–water partition coefficient (Wildman–Crippen LogP) is 1.79. The average molecular weight is 341 g/mol. The van der Waals surface area contributed by atoms with E-state index in [4.69, 9.17) is 0 Å². The quantitative estimate of drug-likeness (QED) is 0.789. The molecule has 0 bridgehead atoms. The van der Waals surface area contributed by atoms with Crippen molar-refractivity contribution < 1.29 is 9.18 Å². The number of hydrogen-bond donors (Lipinski definition) is 1. The van der Waals surface area contributed by atoms with Gasteiger partial charge in [-0.25, -0.2) is 9.18 Å². The summed E-state index contributed by atoms with van der Waals surface area (Å²) in [7, 11) is 1.36. The molecule has 0 fully saturated rings. The number of carbonyl (C=O) groups excluding carboxylic acids is 1. The minimum Gasteiger partial charge on any atom is -0.324 e. The second-order valence-electron chi connectivity index (χ2n) is 5.76. The summed E-state index contributed by atoms with van der Waals surface area (Å²) < 4.78 is 15.8. The molecule has 0 aliphatic heterocycles. The molecule has 7 heteroatoms. The number of benzene rings is 2. The third-order valence-electron chi connectivity index (χ3n) is 4.01. The Kier molecular flexibility index (Phi) is 4.22. The Hall–Kier alpha value is -3.22. The number of anilines is 1. The smallest absolute Gasteiger partial charge is 0.324 e. The van der Waals surface area contributed by atoms with Crippen LogP contribution >= 0.6 is 0 Å². The van der Waals surface area contributed by atoms with Crippen LogP contribution in [0.15, 0.2) is 52.1 Å². The highest BCUT2D eigenvalue weighted by atomic mass is 19.1. The minimum atomic E-state index is -0.589. The first kappa shape index (κ1) is 16.6. The Bertz CT molecular complexity index is 1100. The zero-order chi connectivity index (χ0) is 18.1. The first-order valence-corrected chi connectivity index (χ1v) is 7.63. The molecule has 0 saturated carbocycles. The molecule has 1 heterocycles. The van der Waals surface area contributed by atoms with Crippen LogP contribution in [0.1, 0.15) is 5.56 Å². The van der Waals surface area contributed by atoms with E-state index in [0.29, 0.717) is 22.2 Å². The molecule has 0 atom stereocenters. The first-order chi connectivity index (χ1) is 11.9. The van der Waals surface area contributed by atoms with Crippen LogP contribution < -0.4 is 16.6 Å². The fraction of sp³-hybridized carbons (Fsp3) is 0.167. The van der Waals surface area contributed by atoms with E-state index in [-0.39, 0.29) is 6.54 Å². The van der Waals surface area contributed by atoms with Gasteiger partial charge in [0.25, 0.3) is 5.56 Å². The maximum atomic E-state index is 13.6. The lowest BCUT2D eigenvalue weighted by Crippen LogP contribution is -2.40. The highest BCUT2D eigenvalue weighted by Gasteiger charge is 2.13. The molecule has 0 radical (unpaired) electrons. The van der Waals surface area contributed by atoms with Gasteiger partial charge in [0, 0.05) is 12.7 Å². The molecular formula is C18H16FN3O3. The summed E-state index contributed by atoms with van der Waals surface area (Å²) in [5.41, 5.74) is 0.140. The first-order valence-electron chi connectivity index (χ1n) is 7.63. The predicted molar refractivity (Wildman–Crippen MR) is 93.2 cm³/mol. The fourth-order valence-corrected chi connectivity index (χ4v) is 2.61. The van der Waals surface area contributed by atoms with Gasteiger partial charge in [0.2, 0.25) is 5.91 Å². The number of nitrogens with one attached hydrogen (secondary N) is 1. The number of para-hydroxylation sites is 1.